The quantitative estimate of drug-likeness (QED) is 0.919. The van der Waals surface area contributed by atoms with Gasteiger partial charge in [-0.15, -0.1) is 0 Å². The fourth-order valence-electron chi connectivity index (χ4n) is 1.73. The van der Waals surface area contributed by atoms with E-state index in [-0.39, 0.29) is 0 Å². The lowest BCUT2D eigenvalue weighted by Gasteiger charge is -2.08. The number of rotatable bonds is 4. The maximum absolute atomic E-state index is 8.99. The Morgan fingerprint density at radius 3 is 2.94 bits per heavy atom. The van der Waals surface area contributed by atoms with Crippen molar-refractivity contribution in [2.75, 3.05) is 11.9 Å². The highest BCUT2D eigenvalue weighted by atomic mass is 35.5. The average Bonchev–Trinajstić information content (AvgIpc) is 2.76. The predicted molar refractivity (Wildman–Crippen MR) is 71.6 cm³/mol. The second-order valence-electron chi connectivity index (χ2n) is 3.92. The van der Waals surface area contributed by atoms with Crippen molar-refractivity contribution in [2.45, 2.75) is 6.42 Å². The first-order valence-electron chi connectivity index (χ1n) is 5.61. The van der Waals surface area contributed by atoms with Gasteiger partial charge in [-0.05, 0) is 24.3 Å². The molecule has 0 unspecified atom stereocenters. The van der Waals surface area contributed by atoms with Crippen LogP contribution in [0.25, 0.3) is 0 Å². The van der Waals surface area contributed by atoms with Crippen LogP contribution in [-0.4, -0.2) is 16.3 Å². The van der Waals surface area contributed by atoms with Crippen molar-refractivity contribution in [1.82, 2.24) is 9.78 Å². The van der Waals surface area contributed by atoms with Crippen molar-refractivity contribution < 1.29 is 0 Å². The minimum atomic E-state index is 0.601. The summed E-state index contributed by atoms with van der Waals surface area (Å²) in [6.45, 7) is 0.731. The molecular formula is C13H13ClN4. The Kier molecular flexibility index (Phi) is 3.85. The first-order chi connectivity index (χ1) is 8.70. The fraction of sp³-hybridized carbons (Fsp3) is 0.231. The van der Waals surface area contributed by atoms with E-state index in [2.05, 4.69) is 16.5 Å². The molecule has 5 heteroatoms. The number of nitrogens with zero attached hydrogens (tertiary/aromatic N) is 3. The molecule has 0 saturated heterocycles. The summed E-state index contributed by atoms with van der Waals surface area (Å²) in [6, 6.07) is 9.32. The molecule has 0 saturated carbocycles. The van der Waals surface area contributed by atoms with Crippen molar-refractivity contribution in [1.29, 1.82) is 5.26 Å². The Morgan fingerprint density at radius 2 is 2.28 bits per heavy atom. The minimum Gasteiger partial charge on any atom is -0.384 e. The topological polar surface area (TPSA) is 53.6 Å². The molecule has 0 atom stereocenters. The number of anilines is 1. The molecule has 0 bridgehead atoms. The molecule has 1 aromatic heterocycles. The number of halogens is 1. The summed E-state index contributed by atoms with van der Waals surface area (Å²) in [5, 5.41) is 16.9. The molecule has 92 valence electrons. The summed E-state index contributed by atoms with van der Waals surface area (Å²) >= 11 is 5.91. The van der Waals surface area contributed by atoms with Gasteiger partial charge in [0.15, 0.2) is 0 Å². The van der Waals surface area contributed by atoms with Crippen LogP contribution in [0.15, 0.2) is 30.5 Å². The highest BCUT2D eigenvalue weighted by molar-refractivity contribution is 6.30. The van der Waals surface area contributed by atoms with Gasteiger partial charge in [0, 0.05) is 36.9 Å². The highest BCUT2D eigenvalue weighted by Crippen LogP contribution is 2.20. The van der Waals surface area contributed by atoms with Crippen molar-refractivity contribution >= 4 is 17.3 Å². The second kappa shape index (κ2) is 5.56. The zero-order valence-corrected chi connectivity index (χ0v) is 10.8. The number of hydrogen-bond donors (Lipinski definition) is 1. The van der Waals surface area contributed by atoms with Gasteiger partial charge in [0.05, 0.1) is 11.3 Å². The Hall–Kier alpha value is -1.99. The van der Waals surface area contributed by atoms with E-state index in [0.29, 0.717) is 10.6 Å². The molecule has 0 fully saturated rings. The Labute approximate surface area is 111 Å². The summed E-state index contributed by atoms with van der Waals surface area (Å²) in [4.78, 5) is 0. The summed E-state index contributed by atoms with van der Waals surface area (Å²) in [5.41, 5.74) is 2.51. The van der Waals surface area contributed by atoms with Gasteiger partial charge in [0.25, 0.3) is 0 Å². The van der Waals surface area contributed by atoms with Crippen molar-refractivity contribution in [3.05, 3.63) is 46.7 Å². The van der Waals surface area contributed by atoms with Crippen LogP contribution in [0.3, 0.4) is 0 Å². The third-order valence-electron chi connectivity index (χ3n) is 2.72. The van der Waals surface area contributed by atoms with Gasteiger partial charge in [-0.3, -0.25) is 4.68 Å². The molecule has 0 amide bonds. The summed E-state index contributed by atoms with van der Waals surface area (Å²) in [6.07, 6.45) is 2.61. The molecule has 0 radical (unpaired) electrons. The van der Waals surface area contributed by atoms with Crippen LogP contribution in [0, 0.1) is 11.3 Å². The first-order valence-corrected chi connectivity index (χ1v) is 5.99. The van der Waals surface area contributed by atoms with E-state index in [1.165, 1.54) is 0 Å². The summed E-state index contributed by atoms with van der Waals surface area (Å²) in [7, 11) is 1.91. The van der Waals surface area contributed by atoms with E-state index < -0.39 is 0 Å². The molecular weight excluding hydrogens is 248 g/mol. The minimum absolute atomic E-state index is 0.601. The predicted octanol–water partition coefficient (Wildman–Crippen LogP) is 2.60. The van der Waals surface area contributed by atoms with E-state index in [1.54, 1.807) is 24.4 Å². The Morgan fingerprint density at radius 1 is 1.44 bits per heavy atom. The molecule has 1 aromatic carbocycles. The van der Waals surface area contributed by atoms with E-state index in [0.717, 1.165) is 24.3 Å². The fourth-order valence-corrected chi connectivity index (χ4v) is 1.90. The zero-order chi connectivity index (χ0) is 13.0. The normalized spacial score (nSPS) is 10.1. The van der Waals surface area contributed by atoms with Crippen LogP contribution in [0.2, 0.25) is 5.02 Å². The largest absolute Gasteiger partial charge is 0.384 e. The molecule has 1 heterocycles. The van der Waals surface area contributed by atoms with Gasteiger partial charge < -0.3 is 5.32 Å². The summed E-state index contributed by atoms with van der Waals surface area (Å²) in [5.74, 6) is 0. The molecule has 0 aliphatic heterocycles. The van der Waals surface area contributed by atoms with Crippen molar-refractivity contribution in [3.63, 3.8) is 0 Å². The van der Waals surface area contributed by atoms with Crippen LogP contribution >= 0.6 is 11.6 Å². The number of aryl methyl sites for hydroxylation is 1. The second-order valence-corrected chi connectivity index (χ2v) is 4.36. The van der Waals surface area contributed by atoms with Crippen molar-refractivity contribution in [2.24, 2.45) is 7.05 Å². The van der Waals surface area contributed by atoms with E-state index in [4.69, 9.17) is 16.9 Å². The van der Waals surface area contributed by atoms with Gasteiger partial charge in [0.2, 0.25) is 0 Å². The average molecular weight is 261 g/mol. The van der Waals surface area contributed by atoms with E-state index >= 15 is 0 Å². The lowest BCUT2D eigenvalue weighted by atomic mass is 10.2. The molecule has 18 heavy (non-hydrogen) atoms. The Balaban J connectivity index is 2.00. The number of hydrogen-bond acceptors (Lipinski definition) is 3. The lowest BCUT2D eigenvalue weighted by Crippen LogP contribution is -2.09. The standard InChI is InChI=1S/C13H13ClN4/c1-18-12(5-7-17-18)4-6-16-13-8-11(14)3-2-10(13)9-15/h2-3,5,7-8,16H,4,6H2,1H3. The van der Waals surface area contributed by atoms with Gasteiger partial charge in [-0.2, -0.15) is 10.4 Å². The number of benzene rings is 1. The van der Waals surface area contributed by atoms with Crippen LogP contribution in [0.4, 0.5) is 5.69 Å². The third kappa shape index (κ3) is 2.82. The van der Waals surface area contributed by atoms with Gasteiger partial charge >= 0.3 is 0 Å². The molecule has 0 aliphatic rings. The van der Waals surface area contributed by atoms with Crippen LogP contribution in [0.1, 0.15) is 11.3 Å². The molecule has 2 aromatic rings. The zero-order valence-electron chi connectivity index (χ0n) is 10.0. The van der Waals surface area contributed by atoms with Crippen LogP contribution in [-0.2, 0) is 13.5 Å². The van der Waals surface area contributed by atoms with Crippen LogP contribution < -0.4 is 5.32 Å². The highest BCUT2D eigenvalue weighted by Gasteiger charge is 2.03. The maximum Gasteiger partial charge on any atom is 0.101 e. The molecule has 0 aliphatic carbocycles. The smallest absolute Gasteiger partial charge is 0.101 e. The first kappa shape index (κ1) is 12.5. The summed E-state index contributed by atoms with van der Waals surface area (Å²) < 4.78 is 1.84. The Bertz CT molecular complexity index is 583. The van der Waals surface area contributed by atoms with Gasteiger partial charge in [0.1, 0.15) is 6.07 Å². The van der Waals surface area contributed by atoms with Crippen LogP contribution in [0.5, 0.6) is 0 Å². The van der Waals surface area contributed by atoms with E-state index in [9.17, 15) is 0 Å². The maximum atomic E-state index is 8.99. The number of aromatic nitrogens is 2. The van der Waals surface area contributed by atoms with Gasteiger partial charge in [-0.1, -0.05) is 11.6 Å². The molecule has 2 rings (SSSR count). The molecule has 0 spiro atoms. The third-order valence-corrected chi connectivity index (χ3v) is 2.96. The molecule has 4 nitrogen and oxygen atoms in total. The number of nitriles is 1. The van der Waals surface area contributed by atoms with Gasteiger partial charge in [-0.25, -0.2) is 0 Å². The van der Waals surface area contributed by atoms with Crippen molar-refractivity contribution in [3.8, 4) is 6.07 Å². The SMILES string of the molecule is Cn1nccc1CCNc1cc(Cl)ccc1C#N. The lowest BCUT2D eigenvalue weighted by molar-refractivity contribution is 0.711. The molecule has 1 N–H and O–H groups in total. The number of nitrogens with one attached hydrogen (secondary N) is 1. The monoisotopic (exact) mass is 260 g/mol. The van der Waals surface area contributed by atoms with E-state index in [1.807, 2.05) is 17.8 Å².